The van der Waals surface area contributed by atoms with Gasteiger partial charge in [-0.15, -0.1) is 0 Å². The van der Waals surface area contributed by atoms with Gasteiger partial charge in [-0.2, -0.15) is 0 Å². The Kier molecular flexibility index (Phi) is 5.57. The fourth-order valence-corrected chi connectivity index (χ4v) is 3.54. The number of methoxy groups -OCH3 is 1. The molecule has 0 amide bonds. The number of aromatic nitrogens is 1. The van der Waals surface area contributed by atoms with E-state index < -0.39 is 0 Å². The van der Waals surface area contributed by atoms with E-state index in [4.69, 9.17) is 4.74 Å². The molecule has 1 aromatic carbocycles. The van der Waals surface area contributed by atoms with E-state index in [1.54, 1.807) is 13.3 Å². The Bertz CT molecular complexity index is 552. The molecule has 1 unspecified atom stereocenters. The fraction of sp³-hybridized carbons (Fsp3) is 0.267. The number of nitrogens with zero attached hydrogens (tertiary/aromatic N) is 1. The molecule has 1 N–H and O–H groups in total. The second-order valence-corrected chi connectivity index (χ2v) is 6.19. The summed E-state index contributed by atoms with van der Waals surface area (Å²) in [6.07, 6.45) is 3.67. The highest BCUT2D eigenvalue weighted by Crippen LogP contribution is 2.34. The molecule has 20 heavy (non-hydrogen) atoms. The molecule has 0 fully saturated rings. The summed E-state index contributed by atoms with van der Waals surface area (Å²) in [6, 6.07) is 8.40. The molecule has 3 nitrogen and oxygen atoms in total. The van der Waals surface area contributed by atoms with Crippen molar-refractivity contribution in [3.8, 4) is 5.75 Å². The fourth-order valence-electron chi connectivity index (χ4n) is 1.93. The Labute approximate surface area is 136 Å². The topological polar surface area (TPSA) is 34.1 Å². The van der Waals surface area contributed by atoms with Crippen molar-refractivity contribution < 1.29 is 4.74 Å². The SMILES string of the molecule is COc1c(Br)cc(CNC(C)c2cccnc2)cc1Br. The molecule has 2 aromatic rings. The third-order valence-corrected chi connectivity index (χ3v) is 4.24. The van der Waals surface area contributed by atoms with E-state index in [1.807, 2.05) is 12.3 Å². The Morgan fingerprint density at radius 1 is 1.30 bits per heavy atom. The first-order valence-corrected chi connectivity index (χ1v) is 7.85. The van der Waals surface area contributed by atoms with Crippen LogP contribution in [0, 0.1) is 0 Å². The molecule has 0 aliphatic rings. The average Bonchev–Trinajstić information content (AvgIpc) is 2.45. The van der Waals surface area contributed by atoms with Gasteiger partial charge in [-0.3, -0.25) is 4.98 Å². The molecule has 0 aliphatic carbocycles. The summed E-state index contributed by atoms with van der Waals surface area (Å²) in [5.74, 6) is 0.814. The van der Waals surface area contributed by atoms with Crippen molar-refractivity contribution in [1.29, 1.82) is 0 Å². The maximum atomic E-state index is 5.30. The van der Waals surface area contributed by atoms with E-state index in [0.29, 0.717) is 0 Å². The summed E-state index contributed by atoms with van der Waals surface area (Å²) >= 11 is 7.03. The van der Waals surface area contributed by atoms with Crippen LogP contribution in [0.25, 0.3) is 0 Å². The molecular weight excluding hydrogens is 384 g/mol. The van der Waals surface area contributed by atoms with Crippen molar-refractivity contribution in [2.45, 2.75) is 19.5 Å². The number of hydrogen-bond acceptors (Lipinski definition) is 3. The van der Waals surface area contributed by atoms with E-state index in [-0.39, 0.29) is 6.04 Å². The van der Waals surface area contributed by atoms with E-state index in [9.17, 15) is 0 Å². The van der Waals surface area contributed by atoms with Gasteiger partial charge in [0.25, 0.3) is 0 Å². The van der Waals surface area contributed by atoms with E-state index in [1.165, 1.54) is 11.1 Å². The van der Waals surface area contributed by atoms with Gasteiger partial charge in [0.05, 0.1) is 16.1 Å². The largest absolute Gasteiger partial charge is 0.494 e. The molecular formula is C15H16Br2N2O. The minimum absolute atomic E-state index is 0.253. The van der Waals surface area contributed by atoms with Gasteiger partial charge in [-0.1, -0.05) is 6.07 Å². The van der Waals surface area contributed by atoms with Crippen LogP contribution in [0.2, 0.25) is 0 Å². The summed E-state index contributed by atoms with van der Waals surface area (Å²) in [5.41, 5.74) is 2.36. The second-order valence-electron chi connectivity index (χ2n) is 4.48. The first kappa shape index (κ1) is 15.5. The third-order valence-electron chi connectivity index (χ3n) is 3.06. The lowest BCUT2D eigenvalue weighted by molar-refractivity contribution is 0.409. The van der Waals surface area contributed by atoms with Crippen LogP contribution in [-0.2, 0) is 6.54 Å². The molecule has 0 radical (unpaired) electrons. The monoisotopic (exact) mass is 398 g/mol. The molecule has 2 rings (SSSR count). The first-order valence-electron chi connectivity index (χ1n) is 6.27. The summed E-state index contributed by atoms with van der Waals surface area (Å²) < 4.78 is 7.19. The maximum Gasteiger partial charge on any atom is 0.147 e. The molecule has 5 heteroatoms. The van der Waals surface area contributed by atoms with Crippen molar-refractivity contribution in [1.82, 2.24) is 10.3 Å². The zero-order valence-corrected chi connectivity index (χ0v) is 14.5. The Hall–Kier alpha value is -0.910. The average molecular weight is 400 g/mol. The number of nitrogens with one attached hydrogen (secondary N) is 1. The Morgan fingerprint density at radius 3 is 2.55 bits per heavy atom. The second kappa shape index (κ2) is 7.20. The maximum absolute atomic E-state index is 5.30. The van der Waals surface area contributed by atoms with Crippen LogP contribution in [0.1, 0.15) is 24.1 Å². The van der Waals surface area contributed by atoms with Crippen LogP contribution in [-0.4, -0.2) is 12.1 Å². The van der Waals surface area contributed by atoms with Crippen molar-refractivity contribution in [2.24, 2.45) is 0 Å². The van der Waals surface area contributed by atoms with Gasteiger partial charge in [-0.05, 0) is 68.1 Å². The molecule has 0 aliphatic heterocycles. The molecule has 0 spiro atoms. The first-order chi connectivity index (χ1) is 9.61. The van der Waals surface area contributed by atoms with E-state index in [0.717, 1.165) is 21.2 Å². The molecule has 1 aromatic heterocycles. The van der Waals surface area contributed by atoms with Gasteiger partial charge in [0.1, 0.15) is 5.75 Å². The normalized spacial score (nSPS) is 12.2. The Morgan fingerprint density at radius 2 is 2.00 bits per heavy atom. The van der Waals surface area contributed by atoms with Crippen molar-refractivity contribution >= 4 is 31.9 Å². The van der Waals surface area contributed by atoms with Gasteiger partial charge < -0.3 is 10.1 Å². The molecule has 0 saturated heterocycles. The quantitative estimate of drug-likeness (QED) is 0.805. The summed E-state index contributed by atoms with van der Waals surface area (Å²) in [5, 5.41) is 3.48. The van der Waals surface area contributed by atoms with Crippen LogP contribution >= 0.6 is 31.9 Å². The van der Waals surface area contributed by atoms with Crippen LogP contribution in [0.3, 0.4) is 0 Å². The van der Waals surface area contributed by atoms with Crippen molar-refractivity contribution in [3.63, 3.8) is 0 Å². The summed E-state index contributed by atoms with van der Waals surface area (Å²) in [7, 11) is 1.66. The molecule has 1 heterocycles. The van der Waals surface area contributed by atoms with Gasteiger partial charge in [-0.25, -0.2) is 0 Å². The van der Waals surface area contributed by atoms with Gasteiger partial charge in [0.15, 0.2) is 0 Å². The molecule has 0 bridgehead atoms. The predicted molar refractivity (Wildman–Crippen MR) is 87.9 cm³/mol. The minimum Gasteiger partial charge on any atom is -0.494 e. The molecule has 106 valence electrons. The highest BCUT2D eigenvalue weighted by atomic mass is 79.9. The Balaban J connectivity index is 2.04. The van der Waals surface area contributed by atoms with Gasteiger partial charge in [0, 0.05) is 25.0 Å². The van der Waals surface area contributed by atoms with E-state index in [2.05, 4.69) is 67.3 Å². The molecule has 0 saturated carbocycles. The van der Waals surface area contributed by atoms with Crippen molar-refractivity contribution in [3.05, 3.63) is 56.7 Å². The standard InChI is InChI=1S/C15H16Br2N2O/c1-10(12-4-3-5-18-9-12)19-8-11-6-13(16)15(20-2)14(17)7-11/h3-7,9-10,19H,8H2,1-2H3. The number of pyridine rings is 1. The number of halogens is 2. The third kappa shape index (κ3) is 3.81. The van der Waals surface area contributed by atoms with Crippen molar-refractivity contribution in [2.75, 3.05) is 7.11 Å². The van der Waals surface area contributed by atoms with Crippen LogP contribution in [0.4, 0.5) is 0 Å². The summed E-state index contributed by atoms with van der Waals surface area (Å²) in [4.78, 5) is 4.14. The predicted octanol–water partition coefficient (Wildman–Crippen LogP) is 4.47. The van der Waals surface area contributed by atoms with Gasteiger partial charge in [0.2, 0.25) is 0 Å². The number of ether oxygens (including phenoxy) is 1. The summed E-state index contributed by atoms with van der Waals surface area (Å²) in [6.45, 7) is 2.90. The van der Waals surface area contributed by atoms with Crippen LogP contribution < -0.4 is 10.1 Å². The molecule has 1 atom stereocenters. The van der Waals surface area contributed by atoms with E-state index >= 15 is 0 Å². The number of benzene rings is 1. The lowest BCUT2D eigenvalue weighted by Gasteiger charge is -2.15. The highest BCUT2D eigenvalue weighted by molar-refractivity contribution is 9.11. The zero-order valence-electron chi connectivity index (χ0n) is 11.4. The van der Waals surface area contributed by atoms with Crippen LogP contribution in [0.15, 0.2) is 45.6 Å². The smallest absolute Gasteiger partial charge is 0.147 e. The lowest BCUT2D eigenvalue weighted by atomic mass is 10.1. The zero-order chi connectivity index (χ0) is 14.5. The minimum atomic E-state index is 0.253. The number of rotatable bonds is 5. The van der Waals surface area contributed by atoms with Crippen LogP contribution in [0.5, 0.6) is 5.75 Å². The highest BCUT2D eigenvalue weighted by Gasteiger charge is 2.09. The lowest BCUT2D eigenvalue weighted by Crippen LogP contribution is -2.18. The van der Waals surface area contributed by atoms with Gasteiger partial charge >= 0.3 is 0 Å². The number of hydrogen-bond donors (Lipinski definition) is 1.